The summed E-state index contributed by atoms with van der Waals surface area (Å²) in [5.41, 5.74) is 1.21. The van der Waals surface area contributed by atoms with Crippen LogP contribution < -0.4 is 0 Å². The van der Waals surface area contributed by atoms with Crippen molar-refractivity contribution in [2.75, 3.05) is 0 Å². The summed E-state index contributed by atoms with van der Waals surface area (Å²) in [6, 6.07) is 9.31. The number of nitrogens with zero attached hydrogens (tertiary/aromatic N) is 3. The van der Waals surface area contributed by atoms with Gasteiger partial charge in [0.05, 0.1) is 0 Å². The van der Waals surface area contributed by atoms with Gasteiger partial charge in [-0.05, 0) is 24.3 Å². The third-order valence-electron chi connectivity index (χ3n) is 2.48. The highest BCUT2D eigenvalue weighted by molar-refractivity contribution is 6.29. The SMILES string of the molecule is Fc1cccc(-c2noc(-c3ccnc(Cl)c3)n2)c1. The molecule has 0 atom stereocenters. The van der Waals surface area contributed by atoms with E-state index >= 15 is 0 Å². The second kappa shape index (κ2) is 4.78. The molecule has 94 valence electrons. The third kappa shape index (κ3) is 2.46. The topological polar surface area (TPSA) is 51.8 Å². The number of benzene rings is 1. The lowest BCUT2D eigenvalue weighted by Crippen LogP contribution is -1.83. The molecule has 3 aromatic rings. The first kappa shape index (κ1) is 11.8. The van der Waals surface area contributed by atoms with Crippen molar-refractivity contribution >= 4 is 11.6 Å². The van der Waals surface area contributed by atoms with E-state index in [9.17, 15) is 4.39 Å². The summed E-state index contributed by atoms with van der Waals surface area (Å²) in [5, 5.41) is 4.15. The fourth-order valence-electron chi connectivity index (χ4n) is 1.62. The zero-order chi connectivity index (χ0) is 13.2. The maximum absolute atomic E-state index is 13.1. The van der Waals surface area contributed by atoms with Crippen LogP contribution in [-0.4, -0.2) is 15.1 Å². The Hall–Kier alpha value is -2.27. The van der Waals surface area contributed by atoms with Gasteiger partial charge in [-0.25, -0.2) is 9.37 Å². The van der Waals surface area contributed by atoms with Gasteiger partial charge >= 0.3 is 0 Å². The fraction of sp³-hybridized carbons (Fsp3) is 0. The Bertz CT molecular complexity index is 669. The summed E-state index contributed by atoms with van der Waals surface area (Å²) in [4.78, 5) is 8.07. The van der Waals surface area contributed by atoms with Crippen molar-refractivity contribution in [1.82, 2.24) is 15.1 Å². The van der Waals surface area contributed by atoms with Crippen molar-refractivity contribution in [2.24, 2.45) is 0 Å². The van der Waals surface area contributed by atoms with Crippen molar-refractivity contribution in [1.29, 1.82) is 0 Å². The predicted molar refractivity (Wildman–Crippen MR) is 67.9 cm³/mol. The molecule has 2 aromatic heterocycles. The molecule has 0 saturated heterocycles. The summed E-state index contributed by atoms with van der Waals surface area (Å²) < 4.78 is 18.3. The second-order valence-corrected chi connectivity index (χ2v) is 4.19. The quantitative estimate of drug-likeness (QED) is 0.671. The average Bonchev–Trinajstić information content (AvgIpc) is 2.88. The first-order valence-corrected chi connectivity index (χ1v) is 5.82. The number of hydrogen-bond donors (Lipinski definition) is 0. The molecule has 0 unspecified atom stereocenters. The minimum absolute atomic E-state index is 0.309. The van der Waals surface area contributed by atoms with Gasteiger partial charge in [0.2, 0.25) is 5.82 Å². The van der Waals surface area contributed by atoms with Gasteiger partial charge in [0.1, 0.15) is 11.0 Å². The second-order valence-electron chi connectivity index (χ2n) is 3.80. The highest BCUT2D eigenvalue weighted by Crippen LogP contribution is 2.23. The van der Waals surface area contributed by atoms with Crippen LogP contribution in [0.5, 0.6) is 0 Å². The van der Waals surface area contributed by atoms with E-state index in [1.165, 1.54) is 12.1 Å². The smallest absolute Gasteiger partial charge is 0.258 e. The standard InChI is InChI=1S/C13H7ClFN3O/c14-11-7-9(4-5-16-11)13-17-12(18-19-13)8-2-1-3-10(15)6-8/h1-7H. The maximum Gasteiger partial charge on any atom is 0.258 e. The van der Waals surface area contributed by atoms with Gasteiger partial charge in [0.15, 0.2) is 0 Å². The van der Waals surface area contributed by atoms with Crippen molar-refractivity contribution in [3.63, 3.8) is 0 Å². The van der Waals surface area contributed by atoms with Crippen molar-refractivity contribution in [3.05, 3.63) is 53.6 Å². The molecule has 0 fully saturated rings. The van der Waals surface area contributed by atoms with E-state index in [0.29, 0.717) is 28.0 Å². The van der Waals surface area contributed by atoms with Crippen LogP contribution in [0.15, 0.2) is 47.1 Å². The molecular formula is C13H7ClFN3O. The molecule has 0 saturated carbocycles. The van der Waals surface area contributed by atoms with Crippen molar-refractivity contribution in [2.45, 2.75) is 0 Å². The Kier molecular flexibility index (Phi) is 2.97. The maximum atomic E-state index is 13.1. The van der Waals surface area contributed by atoms with Crippen LogP contribution in [0.1, 0.15) is 0 Å². The van der Waals surface area contributed by atoms with Crippen LogP contribution >= 0.6 is 11.6 Å². The third-order valence-corrected chi connectivity index (χ3v) is 2.69. The molecule has 0 bridgehead atoms. The summed E-state index contributed by atoms with van der Waals surface area (Å²) in [6.45, 7) is 0. The molecule has 4 nitrogen and oxygen atoms in total. The first-order valence-electron chi connectivity index (χ1n) is 5.44. The van der Waals surface area contributed by atoms with Gasteiger partial charge in [-0.15, -0.1) is 0 Å². The summed E-state index contributed by atoms with van der Waals surface area (Å²) in [7, 11) is 0. The molecule has 0 N–H and O–H groups in total. The average molecular weight is 276 g/mol. The highest BCUT2D eigenvalue weighted by Gasteiger charge is 2.11. The molecule has 0 radical (unpaired) electrons. The molecule has 0 aliphatic rings. The Morgan fingerprint density at radius 2 is 2.00 bits per heavy atom. The van der Waals surface area contributed by atoms with Crippen LogP contribution in [0.3, 0.4) is 0 Å². The van der Waals surface area contributed by atoms with E-state index in [4.69, 9.17) is 16.1 Å². The molecular weight excluding hydrogens is 269 g/mol. The van der Waals surface area contributed by atoms with Gasteiger partial charge in [0.25, 0.3) is 5.89 Å². The van der Waals surface area contributed by atoms with Crippen LogP contribution in [0.25, 0.3) is 22.8 Å². The largest absolute Gasteiger partial charge is 0.334 e. The molecule has 2 heterocycles. The zero-order valence-electron chi connectivity index (χ0n) is 9.55. The summed E-state index contributed by atoms with van der Waals surface area (Å²) in [5.74, 6) is 0.279. The molecule has 3 rings (SSSR count). The van der Waals surface area contributed by atoms with E-state index in [0.717, 1.165) is 0 Å². The Labute approximate surface area is 112 Å². The number of rotatable bonds is 2. The van der Waals surface area contributed by atoms with Crippen LogP contribution in [0.2, 0.25) is 5.15 Å². The molecule has 0 aliphatic carbocycles. The number of halogens is 2. The number of hydrogen-bond acceptors (Lipinski definition) is 4. The lowest BCUT2D eigenvalue weighted by molar-refractivity contribution is 0.432. The van der Waals surface area contributed by atoms with Crippen LogP contribution in [0, 0.1) is 5.82 Å². The van der Waals surface area contributed by atoms with Crippen molar-refractivity contribution in [3.8, 4) is 22.8 Å². The summed E-state index contributed by atoms with van der Waals surface area (Å²) in [6.07, 6.45) is 1.55. The minimum Gasteiger partial charge on any atom is -0.334 e. The Balaban J connectivity index is 2.00. The van der Waals surface area contributed by atoms with Crippen LogP contribution in [-0.2, 0) is 0 Å². The minimum atomic E-state index is -0.351. The van der Waals surface area contributed by atoms with E-state index in [1.54, 1.807) is 30.5 Å². The van der Waals surface area contributed by atoms with E-state index in [1.807, 2.05) is 0 Å². The first-order chi connectivity index (χ1) is 9.22. The summed E-state index contributed by atoms with van der Waals surface area (Å²) >= 11 is 5.79. The normalized spacial score (nSPS) is 10.6. The molecule has 6 heteroatoms. The Morgan fingerprint density at radius 1 is 1.11 bits per heavy atom. The van der Waals surface area contributed by atoms with Crippen LogP contribution in [0.4, 0.5) is 4.39 Å². The van der Waals surface area contributed by atoms with Gasteiger partial charge in [-0.1, -0.05) is 28.9 Å². The van der Waals surface area contributed by atoms with E-state index in [-0.39, 0.29) is 5.82 Å². The predicted octanol–water partition coefficient (Wildman–Crippen LogP) is 3.59. The van der Waals surface area contributed by atoms with Gasteiger partial charge in [0, 0.05) is 17.3 Å². The lowest BCUT2D eigenvalue weighted by atomic mass is 10.2. The van der Waals surface area contributed by atoms with Crippen molar-refractivity contribution < 1.29 is 8.91 Å². The number of pyridine rings is 1. The lowest BCUT2D eigenvalue weighted by Gasteiger charge is -1.94. The Morgan fingerprint density at radius 3 is 2.79 bits per heavy atom. The van der Waals surface area contributed by atoms with E-state index in [2.05, 4.69) is 15.1 Å². The molecule has 0 aliphatic heterocycles. The van der Waals surface area contributed by atoms with Gasteiger partial charge < -0.3 is 4.52 Å². The molecule has 1 aromatic carbocycles. The highest BCUT2D eigenvalue weighted by atomic mass is 35.5. The molecule has 0 amide bonds. The zero-order valence-corrected chi connectivity index (χ0v) is 10.3. The van der Waals surface area contributed by atoms with Gasteiger partial charge in [-0.2, -0.15) is 4.98 Å². The molecule has 19 heavy (non-hydrogen) atoms. The monoisotopic (exact) mass is 275 g/mol. The van der Waals surface area contributed by atoms with Gasteiger partial charge in [-0.3, -0.25) is 0 Å². The fourth-order valence-corrected chi connectivity index (χ4v) is 1.79. The van der Waals surface area contributed by atoms with E-state index < -0.39 is 0 Å². The number of aromatic nitrogens is 3. The molecule has 0 spiro atoms.